The number of halogens is 3. The van der Waals surface area contributed by atoms with E-state index in [1.165, 1.54) is 0 Å². The molecule has 0 amide bonds. The van der Waals surface area contributed by atoms with E-state index in [2.05, 4.69) is 20.9 Å². The number of nitrogens with zero attached hydrogens (tertiary/aromatic N) is 1. The number of pyridine rings is 1. The van der Waals surface area contributed by atoms with Crippen molar-refractivity contribution >= 4 is 15.9 Å². The molecule has 0 aliphatic heterocycles. The second kappa shape index (κ2) is 4.65. The number of aromatic hydroxyl groups is 1. The molecule has 0 saturated carbocycles. The molecule has 1 aromatic heterocycles. The number of aliphatic hydroxyl groups excluding tert-OH is 1. The molecular formula is C8H8BrF2NO2. The fraction of sp³-hybridized carbons (Fsp3) is 0.375. The molecule has 14 heavy (non-hydrogen) atoms. The van der Waals surface area contributed by atoms with Gasteiger partial charge < -0.3 is 10.2 Å². The Morgan fingerprint density at radius 2 is 2.07 bits per heavy atom. The lowest BCUT2D eigenvalue weighted by atomic mass is 10.1. The fourth-order valence-corrected chi connectivity index (χ4v) is 1.43. The van der Waals surface area contributed by atoms with Gasteiger partial charge in [0, 0.05) is 10.9 Å². The minimum absolute atomic E-state index is 0.104. The Bertz CT molecular complexity index is 333. The molecule has 0 unspecified atom stereocenters. The molecule has 0 atom stereocenters. The van der Waals surface area contributed by atoms with Gasteiger partial charge in [-0.2, -0.15) is 0 Å². The highest BCUT2D eigenvalue weighted by atomic mass is 79.9. The lowest BCUT2D eigenvalue weighted by Crippen LogP contribution is -2.01. The monoisotopic (exact) mass is 267 g/mol. The third kappa shape index (κ3) is 2.19. The van der Waals surface area contributed by atoms with Crippen molar-refractivity contribution in [2.45, 2.75) is 18.4 Å². The Balaban J connectivity index is 3.24. The topological polar surface area (TPSA) is 53.4 Å². The lowest BCUT2D eigenvalue weighted by Gasteiger charge is -2.08. The normalized spacial score (nSPS) is 10.9. The molecule has 6 heteroatoms. The summed E-state index contributed by atoms with van der Waals surface area (Å²) in [5.74, 6) is -0.297. The summed E-state index contributed by atoms with van der Waals surface area (Å²) in [6, 6.07) is 0.930. The van der Waals surface area contributed by atoms with E-state index in [4.69, 9.17) is 5.11 Å². The maximum absolute atomic E-state index is 12.4. The molecule has 0 saturated heterocycles. The van der Waals surface area contributed by atoms with Gasteiger partial charge in [-0.15, -0.1) is 0 Å². The predicted octanol–water partition coefficient (Wildman–Crippen LogP) is 2.11. The molecule has 0 aliphatic rings. The SMILES string of the molecule is OCc1nc(CBr)c(O)cc1C(F)F. The van der Waals surface area contributed by atoms with Crippen molar-refractivity contribution in [3.63, 3.8) is 0 Å². The average molecular weight is 268 g/mol. The number of hydrogen-bond donors (Lipinski definition) is 2. The van der Waals surface area contributed by atoms with E-state index < -0.39 is 18.6 Å². The van der Waals surface area contributed by atoms with Gasteiger partial charge in [0.2, 0.25) is 0 Å². The maximum atomic E-state index is 12.4. The van der Waals surface area contributed by atoms with Crippen LogP contribution < -0.4 is 0 Å². The zero-order chi connectivity index (χ0) is 10.7. The molecule has 78 valence electrons. The summed E-state index contributed by atoms with van der Waals surface area (Å²) in [6.45, 7) is -0.569. The van der Waals surface area contributed by atoms with Crippen molar-refractivity contribution in [3.05, 3.63) is 23.0 Å². The highest BCUT2D eigenvalue weighted by Crippen LogP contribution is 2.28. The third-order valence-corrected chi connectivity index (χ3v) is 2.23. The van der Waals surface area contributed by atoms with E-state index in [1.807, 2.05) is 0 Å². The molecule has 3 nitrogen and oxygen atoms in total. The first-order chi connectivity index (χ1) is 6.60. The Morgan fingerprint density at radius 3 is 2.50 bits per heavy atom. The smallest absolute Gasteiger partial charge is 0.265 e. The first-order valence-electron chi connectivity index (χ1n) is 3.76. The van der Waals surface area contributed by atoms with Crippen LogP contribution in [0.2, 0.25) is 0 Å². The highest BCUT2D eigenvalue weighted by Gasteiger charge is 2.17. The molecule has 0 fully saturated rings. The zero-order valence-corrected chi connectivity index (χ0v) is 8.63. The van der Waals surface area contributed by atoms with Gasteiger partial charge in [-0.1, -0.05) is 15.9 Å². The first-order valence-corrected chi connectivity index (χ1v) is 4.89. The molecule has 0 radical (unpaired) electrons. The predicted molar refractivity (Wildman–Crippen MR) is 49.4 cm³/mol. The number of rotatable bonds is 3. The summed E-state index contributed by atoms with van der Waals surface area (Å²) in [7, 11) is 0. The first kappa shape index (κ1) is 11.3. The standard InChI is InChI=1S/C8H8BrF2NO2/c9-2-5-7(14)1-4(8(10)11)6(3-13)12-5/h1,8,13-14H,2-3H2. The van der Waals surface area contributed by atoms with E-state index in [9.17, 15) is 13.9 Å². The molecule has 2 N–H and O–H groups in total. The highest BCUT2D eigenvalue weighted by molar-refractivity contribution is 9.08. The molecular weight excluding hydrogens is 260 g/mol. The minimum Gasteiger partial charge on any atom is -0.506 e. The molecule has 1 rings (SSSR count). The van der Waals surface area contributed by atoms with Crippen molar-refractivity contribution in [3.8, 4) is 5.75 Å². The summed E-state index contributed by atoms with van der Waals surface area (Å²) in [6.07, 6.45) is -2.75. The van der Waals surface area contributed by atoms with Crippen LogP contribution in [0.3, 0.4) is 0 Å². The van der Waals surface area contributed by atoms with Gasteiger partial charge >= 0.3 is 0 Å². The van der Waals surface area contributed by atoms with Crippen molar-refractivity contribution < 1.29 is 19.0 Å². The molecule has 0 bridgehead atoms. The van der Waals surface area contributed by atoms with Gasteiger partial charge in [0.25, 0.3) is 6.43 Å². The maximum Gasteiger partial charge on any atom is 0.265 e. The minimum atomic E-state index is -2.75. The van der Waals surface area contributed by atoms with Gasteiger partial charge in [0.1, 0.15) is 5.75 Å². The van der Waals surface area contributed by atoms with Crippen molar-refractivity contribution in [1.82, 2.24) is 4.98 Å². The Labute approximate surface area is 87.5 Å². The van der Waals surface area contributed by atoms with Crippen LogP contribution in [0.15, 0.2) is 6.07 Å². The number of aliphatic hydroxyl groups is 1. The van der Waals surface area contributed by atoms with Crippen LogP contribution in [0.4, 0.5) is 8.78 Å². The largest absolute Gasteiger partial charge is 0.506 e. The van der Waals surface area contributed by atoms with E-state index >= 15 is 0 Å². The van der Waals surface area contributed by atoms with Crippen LogP contribution in [-0.4, -0.2) is 15.2 Å². The molecule has 1 heterocycles. The summed E-state index contributed by atoms with van der Waals surface area (Å²) < 4.78 is 24.7. The Morgan fingerprint density at radius 1 is 1.43 bits per heavy atom. The number of hydrogen-bond acceptors (Lipinski definition) is 3. The lowest BCUT2D eigenvalue weighted by molar-refractivity contribution is 0.145. The van der Waals surface area contributed by atoms with Crippen molar-refractivity contribution in [1.29, 1.82) is 0 Å². The van der Waals surface area contributed by atoms with E-state index in [0.29, 0.717) is 0 Å². The van der Waals surface area contributed by atoms with Crippen LogP contribution in [0, 0.1) is 0 Å². The molecule has 0 spiro atoms. The second-order valence-corrected chi connectivity index (χ2v) is 3.14. The number of aromatic nitrogens is 1. The summed E-state index contributed by atoms with van der Waals surface area (Å²) in [4.78, 5) is 3.70. The van der Waals surface area contributed by atoms with Crippen LogP contribution in [0.5, 0.6) is 5.75 Å². The zero-order valence-electron chi connectivity index (χ0n) is 7.04. The van der Waals surface area contributed by atoms with E-state index in [-0.39, 0.29) is 22.5 Å². The van der Waals surface area contributed by atoms with Gasteiger partial charge in [-0.3, -0.25) is 4.98 Å². The van der Waals surface area contributed by atoms with Gasteiger partial charge in [-0.25, -0.2) is 8.78 Å². The second-order valence-electron chi connectivity index (χ2n) is 2.58. The van der Waals surface area contributed by atoms with Crippen LogP contribution in [0.25, 0.3) is 0 Å². The van der Waals surface area contributed by atoms with Gasteiger partial charge in [0.05, 0.1) is 18.0 Å². The quantitative estimate of drug-likeness (QED) is 0.825. The van der Waals surface area contributed by atoms with Crippen molar-refractivity contribution in [2.24, 2.45) is 0 Å². The molecule has 0 aliphatic carbocycles. The van der Waals surface area contributed by atoms with Crippen molar-refractivity contribution in [2.75, 3.05) is 0 Å². The fourth-order valence-electron chi connectivity index (χ4n) is 1.01. The molecule has 1 aromatic rings. The van der Waals surface area contributed by atoms with Gasteiger partial charge in [-0.05, 0) is 6.07 Å². The summed E-state index contributed by atoms with van der Waals surface area (Å²) in [5.41, 5.74) is -0.305. The van der Waals surface area contributed by atoms with E-state index in [0.717, 1.165) is 6.07 Å². The summed E-state index contributed by atoms with van der Waals surface area (Å²) in [5, 5.41) is 18.3. The average Bonchev–Trinajstić information content (AvgIpc) is 2.17. The Kier molecular flexibility index (Phi) is 3.77. The van der Waals surface area contributed by atoms with E-state index in [1.54, 1.807) is 0 Å². The third-order valence-electron chi connectivity index (χ3n) is 1.70. The van der Waals surface area contributed by atoms with Crippen LogP contribution in [0.1, 0.15) is 23.4 Å². The summed E-state index contributed by atoms with van der Waals surface area (Å²) >= 11 is 3.04. The Hall–Kier alpha value is -0.750. The number of alkyl halides is 3. The van der Waals surface area contributed by atoms with Crippen LogP contribution in [-0.2, 0) is 11.9 Å². The molecule has 0 aromatic carbocycles. The van der Waals surface area contributed by atoms with Crippen LogP contribution >= 0.6 is 15.9 Å². The van der Waals surface area contributed by atoms with Gasteiger partial charge in [0.15, 0.2) is 0 Å².